The quantitative estimate of drug-likeness (QED) is 0.227. The highest BCUT2D eigenvalue weighted by Crippen LogP contribution is 2.67. The fourth-order valence-electron chi connectivity index (χ4n) is 5.83. The zero-order valence-electron chi connectivity index (χ0n) is 24.0. The number of benzene rings is 4. The monoisotopic (exact) mass is 616 g/mol. The summed E-state index contributed by atoms with van der Waals surface area (Å²) >= 11 is 0. The minimum atomic E-state index is -3.98. The minimum Gasteiger partial charge on any atom is -0.373 e. The number of ether oxygens (including phenoxy) is 1. The summed E-state index contributed by atoms with van der Waals surface area (Å²) in [5.41, 5.74) is -1.34. The van der Waals surface area contributed by atoms with E-state index in [2.05, 4.69) is 0 Å². The molecule has 0 amide bonds. The van der Waals surface area contributed by atoms with Crippen LogP contribution < -0.4 is 21.2 Å². The third kappa shape index (κ3) is 4.71. The minimum absolute atomic E-state index is 0.109. The second-order valence-corrected chi connectivity index (χ2v) is 18.7. The normalized spacial score (nSPS) is 21.3. The topological polar surface area (TPSA) is 77.5 Å². The summed E-state index contributed by atoms with van der Waals surface area (Å²) in [7, 11) is -9.90. The second kappa shape index (κ2) is 11.1. The molecule has 0 fully saturated rings. The van der Waals surface area contributed by atoms with Crippen LogP contribution in [0.25, 0.3) is 0 Å². The highest BCUT2D eigenvalue weighted by molar-refractivity contribution is 7.96. The van der Waals surface area contributed by atoms with E-state index in [0.29, 0.717) is 21.2 Å². The lowest BCUT2D eigenvalue weighted by Crippen LogP contribution is -2.54. The van der Waals surface area contributed by atoms with Gasteiger partial charge in [-0.15, -0.1) is 0 Å². The van der Waals surface area contributed by atoms with Crippen LogP contribution in [0.4, 0.5) is 0 Å². The number of hydrogen-bond acceptors (Lipinski definition) is 5. The van der Waals surface area contributed by atoms with E-state index in [1.165, 1.54) is 7.11 Å². The molecule has 8 heteroatoms. The van der Waals surface area contributed by atoms with E-state index < -0.39 is 34.9 Å². The van der Waals surface area contributed by atoms with Gasteiger partial charge in [-0.2, -0.15) is 0 Å². The van der Waals surface area contributed by atoms with Crippen molar-refractivity contribution in [3.8, 4) is 0 Å². The summed E-state index contributed by atoms with van der Waals surface area (Å²) in [6, 6.07) is 36.0. The Balaban J connectivity index is 1.91. The summed E-state index contributed by atoms with van der Waals surface area (Å²) in [5.74, 6) is 0. The van der Waals surface area contributed by atoms with Crippen molar-refractivity contribution in [3.63, 3.8) is 0 Å². The molecule has 0 saturated heterocycles. The van der Waals surface area contributed by atoms with Crippen molar-refractivity contribution in [3.05, 3.63) is 144 Å². The highest BCUT2D eigenvalue weighted by atomic mass is 32.2. The molecule has 1 aliphatic carbocycles. The molecule has 5 nitrogen and oxygen atoms in total. The molecular weight excluding hydrogens is 582 g/mol. The molecule has 0 N–H and O–H groups in total. The van der Waals surface area contributed by atoms with Crippen molar-refractivity contribution in [2.75, 3.05) is 13.4 Å². The summed E-state index contributed by atoms with van der Waals surface area (Å²) in [6.07, 6.45) is 4.32. The summed E-state index contributed by atoms with van der Waals surface area (Å²) in [4.78, 5) is -0.109. The first-order chi connectivity index (χ1) is 19.9. The Hall–Kier alpha value is -3.27. The van der Waals surface area contributed by atoms with Crippen molar-refractivity contribution in [1.29, 1.82) is 0 Å². The van der Waals surface area contributed by atoms with Crippen LogP contribution in [-0.4, -0.2) is 32.5 Å². The first-order valence-corrected chi connectivity index (χ1v) is 18.9. The standard InChI is InChI=1S/C34H34O5P2S/c1-33(39-3)25-31(40(35,27-17-9-5-10-18-27)28-19-11-6-12-20-28)32(42(4,37)38)26-34(33,2)41(36,29-21-13-7-14-22-29)30-23-15-8-16-24-30/h5-26H,1-4H3. The van der Waals surface area contributed by atoms with E-state index in [0.717, 1.165) is 6.26 Å². The zero-order chi connectivity index (χ0) is 30.2. The Morgan fingerprint density at radius 3 is 1.29 bits per heavy atom. The molecule has 5 rings (SSSR count). The Kier molecular flexibility index (Phi) is 7.98. The molecule has 4 aromatic carbocycles. The van der Waals surface area contributed by atoms with E-state index in [-0.39, 0.29) is 10.2 Å². The zero-order valence-corrected chi connectivity index (χ0v) is 26.7. The first kappa shape index (κ1) is 30.2. The maximum absolute atomic E-state index is 15.8. The van der Waals surface area contributed by atoms with Crippen LogP contribution in [0.1, 0.15) is 13.8 Å². The van der Waals surface area contributed by atoms with E-state index in [1.54, 1.807) is 98.8 Å². The maximum atomic E-state index is 15.8. The van der Waals surface area contributed by atoms with Gasteiger partial charge in [0, 0.05) is 39.9 Å². The fourth-order valence-corrected chi connectivity index (χ4v) is 14.2. The molecule has 0 aromatic heterocycles. The third-order valence-corrected chi connectivity index (χ3v) is 16.7. The Labute approximate surface area is 248 Å². The average Bonchev–Trinajstić information content (AvgIpc) is 3.02. The average molecular weight is 617 g/mol. The van der Waals surface area contributed by atoms with Crippen LogP contribution >= 0.6 is 14.3 Å². The lowest BCUT2D eigenvalue weighted by atomic mass is 9.85. The van der Waals surface area contributed by atoms with Crippen molar-refractivity contribution in [1.82, 2.24) is 0 Å². The summed E-state index contributed by atoms with van der Waals surface area (Å²) in [6.45, 7) is 3.58. The van der Waals surface area contributed by atoms with E-state index in [4.69, 9.17) is 4.74 Å². The molecule has 2 atom stereocenters. The van der Waals surface area contributed by atoms with Crippen LogP contribution in [0.15, 0.2) is 144 Å². The van der Waals surface area contributed by atoms with E-state index >= 15 is 9.13 Å². The predicted octanol–water partition coefficient (Wildman–Crippen LogP) is 6.00. The lowest BCUT2D eigenvalue weighted by Gasteiger charge is -2.50. The van der Waals surface area contributed by atoms with Gasteiger partial charge in [0.2, 0.25) is 0 Å². The molecular formula is C34H34O5P2S. The van der Waals surface area contributed by atoms with Gasteiger partial charge < -0.3 is 13.9 Å². The van der Waals surface area contributed by atoms with E-state index in [1.807, 2.05) is 48.5 Å². The van der Waals surface area contributed by atoms with Crippen molar-refractivity contribution >= 4 is 45.3 Å². The number of sulfone groups is 1. The molecule has 0 bridgehead atoms. The lowest BCUT2D eigenvalue weighted by molar-refractivity contribution is 0.0274. The molecule has 0 saturated carbocycles. The van der Waals surface area contributed by atoms with Crippen molar-refractivity contribution in [2.45, 2.75) is 24.6 Å². The van der Waals surface area contributed by atoms with Gasteiger partial charge in [-0.25, -0.2) is 8.42 Å². The second-order valence-electron chi connectivity index (χ2n) is 10.8. The van der Waals surface area contributed by atoms with Gasteiger partial charge in [-0.05, 0) is 26.0 Å². The van der Waals surface area contributed by atoms with Gasteiger partial charge in [0.1, 0.15) is 5.60 Å². The van der Waals surface area contributed by atoms with Crippen molar-refractivity contribution in [2.24, 2.45) is 0 Å². The first-order valence-electron chi connectivity index (χ1n) is 13.6. The van der Waals surface area contributed by atoms with Gasteiger partial charge in [0.15, 0.2) is 24.1 Å². The largest absolute Gasteiger partial charge is 0.373 e. The van der Waals surface area contributed by atoms with E-state index in [9.17, 15) is 8.42 Å². The Morgan fingerprint density at radius 2 is 0.952 bits per heavy atom. The molecule has 216 valence electrons. The number of rotatable bonds is 8. The molecule has 42 heavy (non-hydrogen) atoms. The highest BCUT2D eigenvalue weighted by Gasteiger charge is 2.60. The Bertz CT molecular complexity index is 1770. The van der Waals surface area contributed by atoms with Gasteiger partial charge >= 0.3 is 0 Å². The molecule has 4 aromatic rings. The Morgan fingerprint density at radius 1 is 0.595 bits per heavy atom. The van der Waals surface area contributed by atoms with Crippen LogP contribution in [0.5, 0.6) is 0 Å². The molecule has 0 heterocycles. The van der Waals surface area contributed by atoms with Crippen LogP contribution in [0.2, 0.25) is 0 Å². The van der Waals surface area contributed by atoms with Gasteiger partial charge in [0.05, 0.1) is 10.1 Å². The number of methoxy groups -OCH3 is 1. The van der Waals surface area contributed by atoms with Gasteiger partial charge in [-0.1, -0.05) is 121 Å². The molecule has 1 aliphatic rings. The molecule has 0 radical (unpaired) electrons. The molecule has 0 aliphatic heterocycles. The predicted molar refractivity (Wildman–Crippen MR) is 174 cm³/mol. The maximum Gasteiger partial charge on any atom is 0.175 e. The molecule has 2 unspecified atom stereocenters. The van der Waals surface area contributed by atoms with Crippen LogP contribution in [0, 0.1) is 0 Å². The van der Waals surface area contributed by atoms with Gasteiger partial charge in [-0.3, -0.25) is 0 Å². The summed E-state index contributed by atoms with van der Waals surface area (Å²) < 4.78 is 65.1. The van der Waals surface area contributed by atoms with Crippen LogP contribution in [0.3, 0.4) is 0 Å². The van der Waals surface area contributed by atoms with Crippen LogP contribution in [-0.2, 0) is 23.7 Å². The number of allylic oxidation sites excluding steroid dienone is 1. The summed E-state index contributed by atoms with van der Waals surface area (Å²) in [5, 5.41) is 0.880. The fraction of sp³-hybridized carbons (Fsp3) is 0.176. The molecule has 0 spiro atoms. The smallest absolute Gasteiger partial charge is 0.175 e. The third-order valence-electron chi connectivity index (χ3n) is 8.38. The SMILES string of the molecule is COC1(C)C=C(P(=O)(c2ccccc2)c2ccccc2)C(S(C)(=O)=O)=CC1(C)P(=O)(c1ccccc1)c1ccccc1. The van der Waals surface area contributed by atoms with Crippen molar-refractivity contribution < 1.29 is 22.3 Å². The number of hydrogen-bond donors (Lipinski definition) is 0. The van der Waals surface area contributed by atoms with Gasteiger partial charge in [0.25, 0.3) is 0 Å².